The smallest absolute Gasteiger partial charge is 0.0650 e. The maximum absolute atomic E-state index is 6.13. The second-order valence-electron chi connectivity index (χ2n) is 5.88. The first-order valence-electron chi connectivity index (χ1n) is 8.29. The summed E-state index contributed by atoms with van der Waals surface area (Å²) in [5.41, 5.74) is 9.71. The third-order valence-electron chi connectivity index (χ3n) is 4.15. The molecule has 3 aromatic rings. The van der Waals surface area contributed by atoms with Gasteiger partial charge in [-0.05, 0) is 23.3 Å². The molecule has 3 nitrogen and oxygen atoms in total. The highest BCUT2D eigenvalue weighted by molar-refractivity contribution is 5.19. The van der Waals surface area contributed by atoms with Crippen LogP contribution in [0.1, 0.15) is 22.9 Å². The van der Waals surface area contributed by atoms with Gasteiger partial charge in [-0.1, -0.05) is 66.7 Å². The summed E-state index contributed by atoms with van der Waals surface area (Å²) in [6.45, 7) is 2.22. The predicted octanol–water partition coefficient (Wildman–Crippen LogP) is 3.78. The van der Waals surface area contributed by atoms with Gasteiger partial charge in [-0.3, -0.25) is 9.88 Å². The minimum Gasteiger partial charge on any atom is -0.329 e. The molecule has 0 fully saturated rings. The molecule has 0 saturated heterocycles. The molecule has 1 heterocycles. The lowest BCUT2D eigenvalue weighted by Crippen LogP contribution is -2.33. The van der Waals surface area contributed by atoms with E-state index < -0.39 is 0 Å². The summed E-state index contributed by atoms with van der Waals surface area (Å²) in [7, 11) is 0. The van der Waals surface area contributed by atoms with Gasteiger partial charge in [-0.2, -0.15) is 0 Å². The number of pyridine rings is 1. The van der Waals surface area contributed by atoms with Crippen LogP contribution in [-0.4, -0.2) is 16.4 Å². The zero-order valence-electron chi connectivity index (χ0n) is 13.8. The van der Waals surface area contributed by atoms with Crippen molar-refractivity contribution >= 4 is 0 Å². The van der Waals surface area contributed by atoms with Crippen molar-refractivity contribution < 1.29 is 0 Å². The van der Waals surface area contributed by atoms with Crippen LogP contribution in [0.5, 0.6) is 0 Å². The van der Waals surface area contributed by atoms with Crippen LogP contribution in [0.15, 0.2) is 85.1 Å². The van der Waals surface area contributed by atoms with E-state index in [-0.39, 0.29) is 6.04 Å². The Balaban J connectivity index is 1.88. The van der Waals surface area contributed by atoms with Gasteiger partial charge in [0.1, 0.15) is 0 Å². The van der Waals surface area contributed by atoms with Crippen LogP contribution in [0.3, 0.4) is 0 Å². The molecular formula is C21H23N3. The van der Waals surface area contributed by atoms with E-state index in [9.17, 15) is 0 Å². The van der Waals surface area contributed by atoms with E-state index in [0.29, 0.717) is 6.54 Å². The molecule has 2 aromatic carbocycles. The molecule has 1 aromatic heterocycles. The third-order valence-corrected chi connectivity index (χ3v) is 4.15. The predicted molar refractivity (Wildman–Crippen MR) is 98.2 cm³/mol. The molecule has 3 heteroatoms. The first-order chi connectivity index (χ1) is 11.9. The van der Waals surface area contributed by atoms with Crippen LogP contribution in [0.2, 0.25) is 0 Å². The van der Waals surface area contributed by atoms with Crippen molar-refractivity contribution in [2.24, 2.45) is 5.73 Å². The number of hydrogen-bond donors (Lipinski definition) is 1. The summed E-state index contributed by atoms with van der Waals surface area (Å²) in [5.74, 6) is 0. The maximum atomic E-state index is 6.13. The molecule has 0 aliphatic rings. The van der Waals surface area contributed by atoms with E-state index >= 15 is 0 Å². The van der Waals surface area contributed by atoms with Crippen molar-refractivity contribution in [3.63, 3.8) is 0 Å². The van der Waals surface area contributed by atoms with Crippen molar-refractivity contribution in [3.05, 3.63) is 102 Å². The van der Waals surface area contributed by atoms with E-state index in [4.69, 9.17) is 5.73 Å². The summed E-state index contributed by atoms with van der Waals surface area (Å²) in [5, 5.41) is 0. The monoisotopic (exact) mass is 317 g/mol. The van der Waals surface area contributed by atoms with Gasteiger partial charge in [0.25, 0.3) is 0 Å². The fraction of sp³-hybridized carbons (Fsp3) is 0.190. The minimum absolute atomic E-state index is 0.0895. The molecule has 1 unspecified atom stereocenters. The lowest BCUT2D eigenvalue weighted by molar-refractivity contribution is 0.180. The first kappa shape index (κ1) is 16.4. The summed E-state index contributed by atoms with van der Waals surface area (Å²) in [6.07, 6.45) is 1.83. The molecule has 3 rings (SSSR count). The third kappa shape index (κ3) is 4.28. The lowest BCUT2D eigenvalue weighted by atomic mass is 10.1. The second kappa shape index (κ2) is 8.39. The Hall–Kier alpha value is -2.49. The Morgan fingerprint density at radius 3 is 1.75 bits per heavy atom. The second-order valence-corrected chi connectivity index (χ2v) is 5.88. The first-order valence-corrected chi connectivity index (χ1v) is 8.29. The molecule has 0 aliphatic heterocycles. The highest BCUT2D eigenvalue weighted by Crippen LogP contribution is 2.23. The van der Waals surface area contributed by atoms with Crippen molar-refractivity contribution in [3.8, 4) is 0 Å². The molecule has 2 N–H and O–H groups in total. The molecule has 0 saturated carbocycles. The molecule has 0 radical (unpaired) electrons. The zero-order valence-corrected chi connectivity index (χ0v) is 13.8. The molecule has 0 spiro atoms. The summed E-state index contributed by atoms with van der Waals surface area (Å²) < 4.78 is 0. The Morgan fingerprint density at radius 1 is 0.750 bits per heavy atom. The van der Waals surface area contributed by atoms with Crippen LogP contribution in [0, 0.1) is 0 Å². The molecule has 0 aliphatic carbocycles. The van der Waals surface area contributed by atoms with Gasteiger partial charge in [0.15, 0.2) is 0 Å². The van der Waals surface area contributed by atoms with Crippen LogP contribution >= 0.6 is 0 Å². The number of rotatable bonds is 7. The largest absolute Gasteiger partial charge is 0.329 e. The number of aromatic nitrogens is 1. The lowest BCUT2D eigenvalue weighted by Gasteiger charge is -2.31. The normalized spacial score (nSPS) is 12.2. The van der Waals surface area contributed by atoms with Gasteiger partial charge in [0, 0.05) is 25.8 Å². The quantitative estimate of drug-likeness (QED) is 0.721. The molecular weight excluding hydrogens is 294 g/mol. The van der Waals surface area contributed by atoms with Gasteiger partial charge >= 0.3 is 0 Å². The van der Waals surface area contributed by atoms with Crippen LogP contribution < -0.4 is 5.73 Å². The molecule has 0 amide bonds. The van der Waals surface area contributed by atoms with Crippen molar-refractivity contribution in [1.29, 1.82) is 0 Å². The summed E-state index contributed by atoms with van der Waals surface area (Å²) in [4.78, 5) is 6.93. The Bertz CT molecular complexity index is 672. The fourth-order valence-corrected chi connectivity index (χ4v) is 2.94. The Kier molecular flexibility index (Phi) is 5.72. The zero-order chi connectivity index (χ0) is 16.6. The Labute approximate surface area is 143 Å². The number of hydrogen-bond acceptors (Lipinski definition) is 3. The van der Waals surface area contributed by atoms with Crippen molar-refractivity contribution in [1.82, 2.24) is 9.88 Å². The molecule has 122 valence electrons. The molecule has 24 heavy (non-hydrogen) atoms. The van der Waals surface area contributed by atoms with Crippen molar-refractivity contribution in [2.75, 3.05) is 6.54 Å². The van der Waals surface area contributed by atoms with Gasteiger partial charge in [-0.15, -0.1) is 0 Å². The summed E-state index contributed by atoms with van der Waals surface area (Å²) in [6, 6.07) is 27.1. The highest BCUT2D eigenvalue weighted by Gasteiger charge is 2.20. The van der Waals surface area contributed by atoms with Gasteiger partial charge < -0.3 is 5.73 Å². The van der Waals surface area contributed by atoms with Gasteiger partial charge in [0.2, 0.25) is 0 Å². The van der Waals surface area contributed by atoms with E-state index in [1.807, 2.05) is 30.5 Å². The van der Waals surface area contributed by atoms with Gasteiger partial charge in [0.05, 0.1) is 11.7 Å². The highest BCUT2D eigenvalue weighted by atomic mass is 15.2. The topological polar surface area (TPSA) is 42.1 Å². The minimum atomic E-state index is 0.0895. The SMILES string of the molecule is NCC(c1ccccn1)N(Cc1ccccc1)Cc1ccccc1. The summed E-state index contributed by atoms with van der Waals surface area (Å²) >= 11 is 0. The maximum Gasteiger partial charge on any atom is 0.0650 e. The molecule has 1 atom stereocenters. The number of nitrogens with two attached hydrogens (primary N) is 1. The Morgan fingerprint density at radius 2 is 1.29 bits per heavy atom. The van der Waals surface area contributed by atoms with E-state index in [1.165, 1.54) is 11.1 Å². The van der Waals surface area contributed by atoms with E-state index in [2.05, 4.69) is 64.5 Å². The van der Waals surface area contributed by atoms with Gasteiger partial charge in [-0.25, -0.2) is 0 Å². The van der Waals surface area contributed by atoms with Crippen LogP contribution in [0.25, 0.3) is 0 Å². The number of nitrogens with zero attached hydrogens (tertiary/aromatic N) is 2. The van der Waals surface area contributed by atoms with E-state index in [1.54, 1.807) is 0 Å². The number of benzene rings is 2. The fourth-order valence-electron chi connectivity index (χ4n) is 2.94. The van der Waals surface area contributed by atoms with E-state index in [0.717, 1.165) is 18.8 Å². The molecule has 0 bridgehead atoms. The average Bonchev–Trinajstić information content (AvgIpc) is 2.65. The van der Waals surface area contributed by atoms with Crippen LogP contribution in [0.4, 0.5) is 0 Å². The van der Waals surface area contributed by atoms with Crippen molar-refractivity contribution in [2.45, 2.75) is 19.1 Å². The van der Waals surface area contributed by atoms with Crippen LogP contribution in [-0.2, 0) is 13.1 Å². The average molecular weight is 317 g/mol. The standard InChI is InChI=1S/C21H23N3/c22-15-21(20-13-7-8-14-23-20)24(16-18-9-3-1-4-10-18)17-19-11-5-2-6-12-19/h1-14,21H,15-17,22H2.